The molecule has 0 heterocycles. The lowest BCUT2D eigenvalue weighted by atomic mass is 10.0. The molecule has 7 nitrogen and oxygen atoms in total. The van der Waals surface area contributed by atoms with Gasteiger partial charge in [0.1, 0.15) is 30.5 Å². The van der Waals surface area contributed by atoms with Crippen molar-refractivity contribution in [3.63, 3.8) is 0 Å². The second kappa shape index (κ2) is 12.1. The van der Waals surface area contributed by atoms with Gasteiger partial charge in [-0.1, -0.05) is 56.3 Å². The highest BCUT2D eigenvalue weighted by Gasteiger charge is 2.13. The Bertz CT molecular complexity index is 1040. The largest absolute Gasteiger partial charge is 0.490 e. The first-order valence-electron chi connectivity index (χ1n) is 10.7. The van der Waals surface area contributed by atoms with E-state index >= 15 is 0 Å². The molecule has 0 aliphatic heterocycles. The van der Waals surface area contributed by atoms with Crippen LogP contribution < -0.4 is 25.1 Å². The van der Waals surface area contributed by atoms with Gasteiger partial charge in [0.25, 0.3) is 11.8 Å². The van der Waals surface area contributed by atoms with Crippen molar-refractivity contribution in [2.24, 2.45) is 0 Å². The monoisotopic (exact) mass is 448 g/mol. The summed E-state index contributed by atoms with van der Waals surface area (Å²) < 4.78 is 16.8. The topological polar surface area (TPSA) is 85.9 Å². The average Bonchev–Trinajstić information content (AvgIpc) is 2.85. The Balaban J connectivity index is 1.43. The van der Waals surface area contributed by atoms with Gasteiger partial charge in [-0.3, -0.25) is 20.4 Å². The second-order valence-corrected chi connectivity index (χ2v) is 7.52. The summed E-state index contributed by atoms with van der Waals surface area (Å²) in [6.45, 7) is 4.57. The highest BCUT2D eigenvalue weighted by molar-refractivity contribution is 5.97. The van der Waals surface area contributed by atoms with Crippen LogP contribution in [-0.4, -0.2) is 31.6 Å². The zero-order valence-corrected chi connectivity index (χ0v) is 18.7. The molecule has 0 unspecified atom stereocenters. The first-order chi connectivity index (χ1) is 16.0. The normalized spacial score (nSPS) is 10.4. The number of benzene rings is 3. The summed E-state index contributed by atoms with van der Waals surface area (Å²) in [7, 11) is 0. The molecular formula is C26H28N2O5. The maximum Gasteiger partial charge on any atom is 0.276 e. The zero-order chi connectivity index (χ0) is 23.5. The summed E-state index contributed by atoms with van der Waals surface area (Å²) in [5.74, 6) is 1.16. The number of amides is 2. The molecule has 0 fully saturated rings. The van der Waals surface area contributed by atoms with E-state index in [4.69, 9.17) is 14.2 Å². The number of hydrogen-bond acceptors (Lipinski definition) is 5. The number of rotatable bonds is 10. The van der Waals surface area contributed by atoms with Crippen LogP contribution in [0.15, 0.2) is 78.9 Å². The average molecular weight is 449 g/mol. The van der Waals surface area contributed by atoms with E-state index in [2.05, 4.69) is 24.7 Å². The molecule has 2 N–H and O–H groups in total. The number of para-hydroxylation sites is 2. The SMILES string of the molecule is CC(C)c1ccc(OCC(=O)NNC(=O)c2ccccc2OCCOc2ccccc2)cc1. The van der Waals surface area contributed by atoms with Crippen molar-refractivity contribution in [3.05, 3.63) is 90.0 Å². The van der Waals surface area contributed by atoms with Crippen molar-refractivity contribution in [3.8, 4) is 17.2 Å². The van der Waals surface area contributed by atoms with Crippen LogP contribution in [-0.2, 0) is 4.79 Å². The van der Waals surface area contributed by atoms with Crippen molar-refractivity contribution >= 4 is 11.8 Å². The first kappa shape index (κ1) is 23.7. The summed E-state index contributed by atoms with van der Waals surface area (Å²) in [4.78, 5) is 24.6. The number of carbonyl (C=O) groups excluding carboxylic acids is 2. The summed E-state index contributed by atoms with van der Waals surface area (Å²) in [5.41, 5.74) is 6.22. The van der Waals surface area contributed by atoms with Gasteiger partial charge in [0, 0.05) is 0 Å². The zero-order valence-electron chi connectivity index (χ0n) is 18.7. The van der Waals surface area contributed by atoms with E-state index in [-0.39, 0.29) is 13.2 Å². The van der Waals surface area contributed by atoms with Crippen molar-refractivity contribution in [2.75, 3.05) is 19.8 Å². The molecule has 0 radical (unpaired) electrons. The Morgan fingerprint density at radius 1 is 0.727 bits per heavy atom. The van der Waals surface area contributed by atoms with Gasteiger partial charge in [-0.05, 0) is 47.9 Å². The van der Waals surface area contributed by atoms with Crippen LogP contribution in [0.1, 0.15) is 35.7 Å². The Hall–Kier alpha value is -4.00. The van der Waals surface area contributed by atoms with Crippen LogP contribution in [0.25, 0.3) is 0 Å². The lowest BCUT2D eigenvalue weighted by Crippen LogP contribution is -2.44. The van der Waals surface area contributed by atoms with Crippen LogP contribution in [0.2, 0.25) is 0 Å². The van der Waals surface area contributed by atoms with E-state index in [0.29, 0.717) is 29.6 Å². The fourth-order valence-corrected chi connectivity index (χ4v) is 2.94. The van der Waals surface area contributed by atoms with Crippen molar-refractivity contribution in [1.29, 1.82) is 0 Å². The maximum absolute atomic E-state index is 12.5. The van der Waals surface area contributed by atoms with Gasteiger partial charge in [-0.15, -0.1) is 0 Å². The Kier molecular flexibility index (Phi) is 8.71. The number of hydrazine groups is 1. The Morgan fingerprint density at radius 2 is 1.36 bits per heavy atom. The number of carbonyl (C=O) groups is 2. The minimum Gasteiger partial charge on any atom is -0.490 e. The third-order valence-corrected chi connectivity index (χ3v) is 4.72. The number of ether oxygens (including phenoxy) is 3. The predicted octanol–water partition coefficient (Wildman–Crippen LogP) is 4.11. The smallest absolute Gasteiger partial charge is 0.276 e. The third kappa shape index (κ3) is 7.57. The maximum atomic E-state index is 12.5. The van der Waals surface area contributed by atoms with Crippen LogP contribution in [0.4, 0.5) is 0 Å². The molecule has 7 heteroatoms. The predicted molar refractivity (Wildman–Crippen MR) is 126 cm³/mol. The molecule has 172 valence electrons. The molecule has 0 saturated carbocycles. The molecule has 0 saturated heterocycles. The van der Waals surface area contributed by atoms with Gasteiger partial charge in [0.2, 0.25) is 0 Å². The molecule has 3 aromatic carbocycles. The fraction of sp³-hybridized carbons (Fsp3) is 0.231. The summed E-state index contributed by atoms with van der Waals surface area (Å²) in [6.07, 6.45) is 0. The number of nitrogens with one attached hydrogen (secondary N) is 2. The molecule has 33 heavy (non-hydrogen) atoms. The van der Waals surface area contributed by atoms with Gasteiger partial charge in [-0.25, -0.2) is 0 Å². The Labute approximate surface area is 193 Å². The van der Waals surface area contributed by atoms with Gasteiger partial charge in [0.15, 0.2) is 6.61 Å². The van der Waals surface area contributed by atoms with E-state index in [0.717, 1.165) is 5.75 Å². The van der Waals surface area contributed by atoms with E-state index in [9.17, 15) is 9.59 Å². The van der Waals surface area contributed by atoms with Crippen LogP contribution in [0.3, 0.4) is 0 Å². The minimum atomic E-state index is -0.496. The van der Waals surface area contributed by atoms with Gasteiger partial charge < -0.3 is 14.2 Å². The van der Waals surface area contributed by atoms with Crippen molar-refractivity contribution in [1.82, 2.24) is 10.9 Å². The fourth-order valence-electron chi connectivity index (χ4n) is 2.94. The molecule has 2 amide bonds. The van der Waals surface area contributed by atoms with Gasteiger partial charge >= 0.3 is 0 Å². The highest BCUT2D eigenvalue weighted by atomic mass is 16.5. The quantitative estimate of drug-likeness (QED) is 0.360. The molecule has 0 spiro atoms. The summed E-state index contributed by atoms with van der Waals surface area (Å²) in [6, 6.07) is 23.7. The van der Waals surface area contributed by atoms with Gasteiger partial charge in [0.05, 0.1) is 5.56 Å². The Morgan fingerprint density at radius 3 is 2.09 bits per heavy atom. The van der Waals surface area contributed by atoms with Crippen molar-refractivity contribution in [2.45, 2.75) is 19.8 Å². The molecule has 0 aliphatic rings. The molecule has 0 atom stereocenters. The third-order valence-electron chi connectivity index (χ3n) is 4.72. The lowest BCUT2D eigenvalue weighted by molar-refractivity contribution is -0.123. The van der Waals surface area contributed by atoms with E-state index in [1.165, 1.54) is 5.56 Å². The van der Waals surface area contributed by atoms with Crippen LogP contribution >= 0.6 is 0 Å². The first-order valence-corrected chi connectivity index (χ1v) is 10.7. The standard InChI is InChI=1S/C26H28N2O5/c1-19(2)20-12-14-22(15-13-20)33-18-25(29)27-28-26(30)23-10-6-7-11-24(23)32-17-16-31-21-8-4-3-5-9-21/h3-15,19H,16-18H2,1-2H3,(H,27,29)(H,28,30). The molecule has 0 bridgehead atoms. The lowest BCUT2D eigenvalue weighted by Gasteiger charge is -2.13. The van der Waals surface area contributed by atoms with Crippen molar-refractivity contribution < 1.29 is 23.8 Å². The molecule has 3 aromatic rings. The molecular weight excluding hydrogens is 420 g/mol. The van der Waals surface area contributed by atoms with Crippen LogP contribution in [0.5, 0.6) is 17.2 Å². The molecule has 0 aromatic heterocycles. The second-order valence-electron chi connectivity index (χ2n) is 7.52. The van der Waals surface area contributed by atoms with Gasteiger partial charge in [-0.2, -0.15) is 0 Å². The van der Waals surface area contributed by atoms with E-state index < -0.39 is 11.8 Å². The van der Waals surface area contributed by atoms with E-state index in [1.54, 1.807) is 24.3 Å². The summed E-state index contributed by atoms with van der Waals surface area (Å²) in [5, 5.41) is 0. The van der Waals surface area contributed by atoms with Crippen LogP contribution in [0, 0.1) is 0 Å². The minimum absolute atomic E-state index is 0.226. The molecule has 3 rings (SSSR count). The summed E-state index contributed by atoms with van der Waals surface area (Å²) >= 11 is 0. The molecule has 0 aliphatic carbocycles. The highest BCUT2D eigenvalue weighted by Crippen LogP contribution is 2.19. The number of hydrogen-bond donors (Lipinski definition) is 2. The van der Waals surface area contributed by atoms with E-state index in [1.807, 2.05) is 54.6 Å².